The lowest BCUT2D eigenvalue weighted by Crippen LogP contribution is -1.95. The van der Waals surface area contributed by atoms with Crippen molar-refractivity contribution in [1.29, 1.82) is 0 Å². The Kier molecular flexibility index (Phi) is 4.00. The van der Waals surface area contributed by atoms with Gasteiger partial charge in [-0.2, -0.15) is 0 Å². The molecule has 3 heterocycles. The van der Waals surface area contributed by atoms with Crippen LogP contribution in [0.3, 0.4) is 0 Å². The number of hydrogen-bond acceptors (Lipinski definition) is 4. The fraction of sp³-hybridized carbons (Fsp3) is 0.118. The summed E-state index contributed by atoms with van der Waals surface area (Å²) in [7, 11) is 1.96. The number of halogens is 1. The van der Waals surface area contributed by atoms with Crippen molar-refractivity contribution < 1.29 is 0 Å². The number of fused-ring (bicyclic) bond motifs is 1. The summed E-state index contributed by atoms with van der Waals surface area (Å²) in [5, 5.41) is 10.1. The summed E-state index contributed by atoms with van der Waals surface area (Å²) in [6, 6.07) is 13.6. The second-order valence-electron chi connectivity index (χ2n) is 5.36. The van der Waals surface area contributed by atoms with E-state index in [1.165, 1.54) is 0 Å². The number of thioether (sulfide) groups is 1. The van der Waals surface area contributed by atoms with Crippen LogP contribution in [0.25, 0.3) is 17.0 Å². The highest BCUT2D eigenvalue weighted by Crippen LogP contribution is 2.26. The topological polar surface area (TPSA) is 48.0 Å². The predicted octanol–water partition coefficient (Wildman–Crippen LogP) is 4.08. The van der Waals surface area contributed by atoms with Gasteiger partial charge in [0.15, 0.2) is 11.0 Å². The summed E-state index contributed by atoms with van der Waals surface area (Å²) in [5.74, 6) is 1.54. The first-order chi connectivity index (χ1) is 11.7. The molecule has 1 aromatic carbocycles. The van der Waals surface area contributed by atoms with Gasteiger partial charge in [0.1, 0.15) is 5.65 Å². The summed E-state index contributed by atoms with van der Waals surface area (Å²) in [6.45, 7) is 0. The predicted molar refractivity (Wildman–Crippen MR) is 96.2 cm³/mol. The molecule has 4 rings (SSSR count). The van der Waals surface area contributed by atoms with Gasteiger partial charge in [0.05, 0.1) is 5.69 Å². The average Bonchev–Trinajstić information content (AvgIpc) is 3.16. The van der Waals surface area contributed by atoms with Crippen molar-refractivity contribution in [3.05, 3.63) is 65.6 Å². The van der Waals surface area contributed by atoms with Crippen molar-refractivity contribution in [3.8, 4) is 11.4 Å². The first kappa shape index (κ1) is 15.2. The summed E-state index contributed by atoms with van der Waals surface area (Å²) < 4.78 is 4.00. The molecule has 0 bridgehead atoms. The molecule has 0 saturated heterocycles. The highest BCUT2D eigenvalue weighted by atomic mass is 35.5. The molecule has 0 spiro atoms. The molecule has 120 valence electrons. The van der Waals surface area contributed by atoms with Crippen molar-refractivity contribution in [3.63, 3.8) is 0 Å². The van der Waals surface area contributed by atoms with Gasteiger partial charge in [0.2, 0.25) is 0 Å². The van der Waals surface area contributed by atoms with Gasteiger partial charge in [0.25, 0.3) is 0 Å². The molecule has 24 heavy (non-hydrogen) atoms. The third kappa shape index (κ3) is 2.90. The van der Waals surface area contributed by atoms with E-state index < -0.39 is 0 Å². The SMILES string of the molecule is Cn1c(SCc2cn3ccccc3n2)nnc1-c1cccc(Cl)c1. The number of imidazole rings is 1. The van der Waals surface area contributed by atoms with Gasteiger partial charge in [0, 0.05) is 35.8 Å². The first-order valence-electron chi connectivity index (χ1n) is 7.41. The van der Waals surface area contributed by atoms with Crippen LogP contribution in [0.4, 0.5) is 0 Å². The Morgan fingerprint density at radius 1 is 1.12 bits per heavy atom. The third-order valence-electron chi connectivity index (χ3n) is 3.68. The first-order valence-corrected chi connectivity index (χ1v) is 8.78. The van der Waals surface area contributed by atoms with Crippen LogP contribution in [0, 0.1) is 0 Å². The normalized spacial score (nSPS) is 11.2. The third-order valence-corrected chi connectivity index (χ3v) is 4.97. The molecule has 0 amide bonds. The number of aromatic nitrogens is 5. The van der Waals surface area contributed by atoms with Crippen LogP contribution in [0.2, 0.25) is 5.02 Å². The minimum Gasteiger partial charge on any atom is -0.307 e. The van der Waals surface area contributed by atoms with Crippen molar-refractivity contribution in [2.45, 2.75) is 10.9 Å². The lowest BCUT2D eigenvalue weighted by Gasteiger charge is -2.03. The number of pyridine rings is 1. The summed E-state index contributed by atoms with van der Waals surface area (Å²) in [5.41, 5.74) is 2.92. The standard InChI is InChI=1S/C17H14ClN5S/c1-22-16(12-5-4-6-13(18)9-12)20-21-17(22)24-11-14-10-23-8-3-2-7-15(23)19-14/h2-10H,11H2,1H3. The quantitative estimate of drug-likeness (QED) is 0.518. The molecule has 0 aliphatic rings. The molecule has 0 aliphatic heterocycles. The zero-order valence-corrected chi connectivity index (χ0v) is 14.5. The lowest BCUT2D eigenvalue weighted by atomic mass is 10.2. The van der Waals surface area contributed by atoms with Crippen molar-refractivity contribution in [2.24, 2.45) is 7.05 Å². The summed E-state index contributed by atoms with van der Waals surface area (Å²) in [6.07, 6.45) is 4.03. The Morgan fingerprint density at radius 2 is 2.04 bits per heavy atom. The molecule has 3 aromatic heterocycles. The van der Waals surface area contributed by atoms with Gasteiger partial charge in [-0.05, 0) is 24.3 Å². The van der Waals surface area contributed by atoms with Crippen LogP contribution in [-0.4, -0.2) is 24.1 Å². The molecule has 0 aliphatic carbocycles. The van der Waals surface area contributed by atoms with Crippen molar-refractivity contribution in [1.82, 2.24) is 24.1 Å². The van der Waals surface area contributed by atoms with E-state index in [-0.39, 0.29) is 0 Å². The zero-order valence-electron chi connectivity index (χ0n) is 12.9. The largest absolute Gasteiger partial charge is 0.307 e. The van der Waals surface area contributed by atoms with E-state index in [0.717, 1.165) is 33.6 Å². The van der Waals surface area contributed by atoms with Crippen LogP contribution < -0.4 is 0 Å². The second-order valence-corrected chi connectivity index (χ2v) is 6.74. The van der Waals surface area contributed by atoms with Gasteiger partial charge in [-0.3, -0.25) is 0 Å². The molecule has 4 aromatic rings. The van der Waals surface area contributed by atoms with Crippen molar-refractivity contribution in [2.75, 3.05) is 0 Å². The van der Waals surface area contributed by atoms with Gasteiger partial charge in [-0.15, -0.1) is 10.2 Å². The van der Waals surface area contributed by atoms with E-state index in [9.17, 15) is 0 Å². The van der Waals surface area contributed by atoms with E-state index in [1.54, 1.807) is 11.8 Å². The minimum absolute atomic E-state index is 0.689. The molecule has 0 saturated carbocycles. The Bertz CT molecular complexity index is 974. The van der Waals surface area contributed by atoms with Crippen LogP contribution in [0.5, 0.6) is 0 Å². The van der Waals surface area contributed by atoms with Crippen LogP contribution in [-0.2, 0) is 12.8 Å². The smallest absolute Gasteiger partial charge is 0.191 e. The van der Waals surface area contributed by atoms with Gasteiger partial charge in [-0.1, -0.05) is 41.6 Å². The monoisotopic (exact) mass is 355 g/mol. The highest BCUT2D eigenvalue weighted by Gasteiger charge is 2.12. The van der Waals surface area contributed by atoms with Crippen molar-refractivity contribution >= 4 is 29.0 Å². The average molecular weight is 356 g/mol. The van der Waals surface area contributed by atoms with E-state index in [2.05, 4.69) is 15.2 Å². The number of hydrogen-bond donors (Lipinski definition) is 0. The molecule has 0 N–H and O–H groups in total. The van der Waals surface area contributed by atoms with Gasteiger partial charge in [-0.25, -0.2) is 4.98 Å². The van der Waals surface area contributed by atoms with Gasteiger partial charge >= 0.3 is 0 Å². The van der Waals surface area contributed by atoms with E-state index >= 15 is 0 Å². The number of rotatable bonds is 4. The Morgan fingerprint density at radius 3 is 2.88 bits per heavy atom. The minimum atomic E-state index is 0.689. The fourth-order valence-corrected chi connectivity index (χ4v) is 3.50. The highest BCUT2D eigenvalue weighted by molar-refractivity contribution is 7.98. The molecule has 0 atom stereocenters. The Balaban J connectivity index is 1.55. The lowest BCUT2D eigenvalue weighted by molar-refractivity contribution is 0.793. The molecule has 0 unspecified atom stereocenters. The zero-order chi connectivity index (χ0) is 16.5. The molecule has 7 heteroatoms. The van der Waals surface area contributed by atoms with Crippen LogP contribution in [0.1, 0.15) is 5.69 Å². The van der Waals surface area contributed by atoms with E-state index in [0.29, 0.717) is 5.02 Å². The number of benzene rings is 1. The van der Waals surface area contributed by atoms with Crippen LogP contribution in [0.15, 0.2) is 60.0 Å². The molecular formula is C17H14ClN5S. The molecular weight excluding hydrogens is 342 g/mol. The maximum Gasteiger partial charge on any atom is 0.191 e. The van der Waals surface area contributed by atoms with Gasteiger partial charge < -0.3 is 8.97 Å². The molecule has 5 nitrogen and oxygen atoms in total. The summed E-state index contributed by atoms with van der Waals surface area (Å²) in [4.78, 5) is 4.60. The Labute approximate surface area is 148 Å². The second kappa shape index (κ2) is 6.30. The fourth-order valence-electron chi connectivity index (χ4n) is 2.51. The summed E-state index contributed by atoms with van der Waals surface area (Å²) >= 11 is 7.68. The molecule has 0 fully saturated rings. The van der Waals surface area contributed by atoms with E-state index in [1.807, 2.05) is 70.9 Å². The Hall–Kier alpha value is -2.31. The molecule has 0 radical (unpaired) electrons. The maximum absolute atomic E-state index is 6.06. The number of nitrogens with zero attached hydrogens (tertiary/aromatic N) is 5. The maximum atomic E-state index is 6.06. The van der Waals surface area contributed by atoms with E-state index in [4.69, 9.17) is 11.6 Å². The van der Waals surface area contributed by atoms with Crippen LogP contribution >= 0.6 is 23.4 Å².